The molecule has 1 saturated heterocycles. The molecule has 1 aliphatic heterocycles. The van der Waals surface area contributed by atoms with E-state index in [0.717, 1.165) is 6.42 Å². The molecule has 1 unspecified atom stereocenters. The van der Waals surface area contributed by atoms with Gasteiger partial charge in [0.1, 0.15) is 23.2 Å². The molecule has 8 heteroatoms. The summed E-state index contributed by atoms with van der Waals surface area (Å²) in [4.78, 5) is 13.7. The van der Waals surface area contributed by atoms with E-state index in [4.69, 9.17) is 9.47 Å². The first-order valence-electron chi connectivity index (χ1n) is 8.02. The molecule has 2 rings (SSSR count). The molecule has 1 atom stereocenters. The van der Waals surface area contributed by atoms with E-state index in [0.29, 0.717) is 19.5 Å². The second-order valence-corrected chi connectivity index (χ2v) is 6.83. The molecular weight excluding hydrogens is 339 g/mol. The Morgan fingerprint density at radius 3 is 2.52 bits per heavy atom. The minimum Gasteiger partial charge on any atom is -0.488 e. The third-order valence-corrected chi connectivity index (χ3v) is 3.37. The zero-order chi connectivity index (χ0) is 18.7. The van der Waals surface area contributed by atoms with E-state index in [1.165, 1.54) is 18.2 Å². The van der Waals surface area contributed by atoms with Crippen LogP contribution in [0.1, 0.15) is 33.6 Å². The van der Waals surface area contributed by atoms with Gasteiger partial charge in [-0.1, -0.05) is 6.07 Å². The minimum atomic E-state index is -4.75. The van der Waals surface area contributed by atoms with Crippen LogP contribution in [0.5, 0.6) is 11.5 Å². The fraction of sp³-hybridized carbons (Fsp3) is 0.588. The Morgan fingerprint density at radius 1 is 1.20 bits per heavy atom. The van der Waals surface area contributed by atoms with Crippen molar-refractivity contribution in [3.05, 3.63) is 24.3 Å². The highest BCUT2D eigenvalue weighted by Gasteiger charge is 2.32. The molecule has 0 bridgehead atoms. The molecule has 140 valence electrons. The highest BCUT2D eigenvalue weighted by Crippen LogP contribution is 2.27. The van der Waals surface area contributed by atoms with Crippen molar-refractivity contribution >= 4 is 6.09 Å². The minimum absolute atomic E-state index is 0.262. The van der Waals surface area contributed by atoms with Gasteiger partial charge in [-0.2, -0.15) is 0 Å². The second kappa shape index (κ2) is 7.41. The van der Waals surface area contributed by atoms with Crippen LogP contribution in [0, 0.1) is 0 Å². The number of ether oxygens (including phenoxy) is 3. The van der Waals surface area contributed by atoms with Crippen LogP contribution in [0.4, 0.5) is 18.0 Å². The first-order valence-corrected chi connectivity index (χ1v) is 8.02. The predicted molar refractivity (Wildman–Crippen MR) is 84.6 cm³/mol. The monoisotopic (exact) mass is 361 g/mol. The summed E-state index contributed by atoms with van der Waals surface area (Å²) in [7, 11) is 0. The number of alkyl halides is 3. The molecule has 0 aromatic heterocycles. The Balaban J connectivity index is 1.96. The molecule has 0 aliphatic carbocycles. The summed E-state index contributed by atoms with van der Waals surface area (Å²) in [5, 5.41) is 0. The average Bonchev–Trinajstić information content (AvgIpc) is 2.44. The first-order chi connectivity index (χ1) is 11.5. The number of benzene rings is 1. The van der Waals surface area contributed by atoms with Gasteiger partial charge in [-0.25, -0.2) is 4.79 Å². The number of likely N-dealkylation sites (tertiary alicyclic amines) is 1. The lowest BCUT2D eigenvalue weighted by Crippen LogP contribution is -2.46. The van der Waals surface area contributed by atoms with Crippen LogP contribution in [0.3, 0.4) is 0 Å². The van der Waals surface area contributed by atoms with E-state index in [-0.39, 0.29) is 17.6 Å². The molecule has 0 saturated carbocycles. The van der Waals surface area contributed by atoms with Gasteiger partial charge in [-0.15, -0.1) is 13.2 Å². The lowest BCUT2D eigenvalue weighted by atomic mass is 10.1. The average molecular weight is 361 g/mol. The molecule has 0 N–H and O–H groups in total. The topological polar surface area (TPSA) is 48.0 Å². The summed E-state index contributed by atoms with van der Waals surface area (Å²) in [6.07, 6.45) is -4.07. The lowest BCUT2D eigenvalue weighted by Gasteiger charge is -2.34. The summed E-state index contributed by atoms with van der Waals surface area (Å²) >= 11 is 0. The van der Waals surface area contributed by atoms with Crippen molar-refractivity contribution in [1.82, 2.24) is 4.90 Å². The number of hydrogen-bond acceptors (Lipinski definition) is 4. The molecule has 1 aromatic rings. The third kappa shape index (κ3) is 6.72. The fourth-order valence-electron chi connectivity index (χ4n) is 2.46. The molecule has 1 amide bonds. The molecule has 1 fully saturated rings. The Hall–Kier alpha value is -2.12. The maximum absolute atomic E-state index is 12.3. The lowest BCUT2D eigenvalue weighted by molar-refractivity contribution is -0.274. The number of carbonyl (C=O) groups excluding carboxylic acids is 1. The standard InChI is InChI=1S/C17H22F3NO4/c1-16(2,3)25-15(22)21-9-5-8-14(11-21)23-12-6-4-7-13(10-12)24-17(18,19)20/h4,6-7,10,14H,5,8-9,11H2,1-3H3. The van der Waals surface area contributed by atoms with E-state index < -0.39 is 18.1 Å². The van der Waals surface area contributed by atoms with Crippen LogP contribution >= 0.6 is 0 Å². The predicted octanol–water partition coefficient (Wildman–Crippen LogP) is 4.36. The van der Waals surface area contributed by atoms with Gasteiger partial charge in [-0.3, -0.25) is 0 Å². The normalized spacial score (nSPS) is 18.6. The molecule has 5 nitrogen and oxygen atoms in total. The highest BCUT2D eigenvalue weighted by molar-refractivity contribution is 5.68. The summed E-state index contributed by atoms with van der Waals surface area (Å²) in [6.45, 7) is 6.24. The number of halogens is 3. The fourth-order valence-corrected chi connectivity index (χ4v) is 2.46. The van der Waals surface area contributed by atoms with E-state index in [9.17, 15) is 18.0 Å². The van der Waals surface area contributed by atoms with Crippen molar-refractivity contribution in [2.75, 3.05) is 13.1 Å². The number of nitrogens with zero attached hydrogens (tertiary/aromatic N) is 1. The van der Waals surface area contributed by atoms with Crippen LogP contribution in [-0.4, -0.2) is 42.2 Å². The van der Waals surface area contributed by atoms with Crippen LogP contribution in [0.25, 0.3) is 0 Å². The summed E-state index contributed by atoms with van der Waals surface area (Å²) in [5.41, 5.74) is -0.589. The van der Waals surface area contributed by atoms with Gasteiger partial charge in [0, 0.05) is 12.6 Å². The van der Waals surface area contributed by atoms with E-state index >= 15 is 0 Å². The van der Waals surface area contributed by atoms with Gasteiger partial charge >= 0.3 is 12.5 Å². The number of hydrogen-bond donors (Lipinski definition) is 0. The van der Waals surface area contributed by atoms with Gasteiger partial charge in [0.2, 0.25) is 0 Å². The quantitative estimate of drug-likeness (QED) is 0.802. The van der Waals surface area contributed by atoms with Crippen LogP contribution < -0.4 is 9.47 Å². The molecule has 0 spiro atoms. The summed E-state index contributed by atoms with van der Waals surface area (Å²) in [6, 6.07) is 5.36. The third-order valence-electron chi connectivity index (χ3n) is 3.37. The Kier molecular flexibility index (Phi) is 5.69. The van der Waals surface area contributed by atoms with Gasteiger partial charge in [0.25, 0.3) is 0 Å². The van der Waals surface area contributed by atoms with Gasteiger partial charge < -0.3 is 19.1 Å². The summed E-state index contributed by atoms with van der Waals surface area (Å²) in [5.74, 6) is -0.0809. The zero-order valence-corrected chi connectivity index (χ0v) is 14.4. The number of piperidine rings is 1. The highest BCUT2D eigenvalue weighted by atomic mass is 19.4. The number of amides is 1. The summed E-state index contributed by atoms with van der Waals surface area (Å²) < 4.78 is 51.8. The second-order valence-electron chi connectivity index (χ2n) is 6.83. The Labute approximate surface area is 144 Å². The van der Waals surface area contributed by atoms with E-state index in [2.05, 4.69) is 4.74 Å². The van der Waals surface area contributed by atoms with Crippen molar-refractivity contribution in [3.63, 3.8) is 0 Å². The van der Waals surface area contributed by atoms with Crippen molar-refractivity contribution < 1.29 is 32.2 Å². The number of rotatable bonds is 3. The Bertz CT molecular complexity index is 598. The van der Waals surface area contributed by atoms with Crippen LogP contribution in [0.15, 0.2) is 24.3 Å². The van der Waals surface area contributed by atoms with E-state index in [1.807, 2.05) is 0 Å². The zero-order valence-electron chi connectivity index (χ0n) is 14.4. The molecule has 1 heterocycles. The Morgan fingerprint density at radius 2 is 1.88 bits per heavy atom. The largest absolute Gasteiger partial charge is 0.573 e. The van der Waals surface area contributed by atoms with Gasteiger partial charge in [0.05, 0.1) is 6.54 Å². The molecule has 1 aliphatic rings. The molecule has 25 heavy (non-hydrogen) atoms. The molecule has 1 aromatic carbocycles. The molecular formula is C17H22F3NO4. The van der Waals surface area contributed by atoms with Crippen molar-refractivity contribution in [2.24, 2.45) is 0 Å². The van der Waals surface area contributed by atoms with E-state index in [1.54, 1.807) is 31.7 Å². The van der Waals surface area contributed by atoms with Crippen molar-refractivity contribution in [2.45, 2.75) is 51.7 Å². The maximum Gasteiger partial charge on any atom is 0.573 e. The van der Waals surface area contributed by atoms with Crippen molar-refractivity contribution in [1.29, 1.82) is 0 Å². The van der Waals surface area contributed by atoms with Gasteiger partial charge in [0.15, 0.2) is 0 Å². The maximum atomic E-state index is 12.3. The van der Waals surface area contributed by atoms with Crippen molar-refractivity contribution in [3.8, 4) is 11.5 Å². The first kappa shape index (κ1) is 19.2. The SMILES string of the molecule is CC(C)(C)OC(=O)N1CCCC(Oc2cccc(OC(F)(F)F)c2)C1. The molecule has 0 radical (unpaired) electrons. The smallest absolute Gasteiger partial charge is 0.488 e. The number of carbonyl (C=O) groups is 1. The van der Waals surface area contributed by atoms with Gasteiger partial charge in [-0.05, 0) is 45.7 Å². The van der Waals surface area contributed by atoms with Crippen LogP contribution in [-0.2, 0) is 4.74 Å². The van der Waals surface area contributed by atoms with Crippen LogP contribution in [0.2, 0.25) is 0 Å².